The Bertz CT molecular complexity index is 2550. The average molecular weight is 1130 g/mol. The number of carbonyl (C=O) groups is 11. The molecule has 1 saturated carbocycles. The number of hydrogen-bond donors (Lipinski definition) is 14. The molecule has 1 aromatic carbocycles. The normalized spacial score (nSPS) is 17.5. The van der Waals surface area contributed by atoms with E-state index < -0.39 is 144 Å². The van der Waals surface area contributed by atoms with Gasteiger partial charge in [-0.25, -0.2) is 0 Å². The number of fused-ring (bicyclic) bond motifs is 1. The number of hydrogen-bond acceptors (Lipinski definition) is 14. The standard InChI is InChI=1S/C50H75N15O11S2/c1-3-27(2)41(64-45(73)33(21-28-24-57-30-12-6-5-11-29(28)30)59-40(69)23-50(78)17-7-4-8-18-50)47(75)61-32(15-16-37(51)66)43(71)62-34(22-38(52)67)44(72)63-35(26-77)48(76)65-20-10-14-36(65)46(74)60-31(13-9-19-56-49(54)55)42(70)58-25-39(53)68/h5-6,11-12,24,26-27,31-36,41,57,78H,3-4,7-10,13-23,25H2,1-2H3,(H2,51,66)(H2,52,67)(H2,53,68)(H,58,70)(H,59,69)(H,60,74)(H,61,75)(H,62,71)(H,63,72)(H,64,73)(H4,54,55,56)/t27-,31-,32-,33-,34-,35-,36-,41-/m0/s1. The van der Waals surface area contributed by atoms with E-state index in [-0.39, 0.29) is 51.2 Å². The van der Waals surface area contributed by atoms with Crippen LogP contribution in [0.1, 0.15) is 109 Å². The minimum absolute atomic E-state index is 0.0202. The first-order valence-electron chi connectivity index (χ1n) is 26.0. The molecular weight excluding hydrogens is 1050 g/mol. The van der Waals surface area contributed by atoms with E-state index in [2.05, 4.69) is 47.2 Å². The number of H-pyrrole nitrogens is 1. The summed E-state index contributed by atoms with van der Waals surface area (Å²) in [5.74, 6) is -10.0. The maximum atomic E-state index is 14.4. The second kappa shape index (κ2) is 30.5. The number of aromatic amines is 1. The van der Waals surface area contributed by atoms with E-state index in [0.717, 1.165) is 58.8 Å². The van der Waals surface area contributed by atoms with E-state index in [1.807, 2.05) is 24.3 Å². The van der Waals surface area contributed by atoms with Crippen molar-refractivity contribution in [2.45, 2.75) is 157 Å². The van der Waals surface area contributed by atoms with E-state index in [4.69, 9.17) is 53.5 Å². The lowest BCUT2D eigenvalue weighted by Crippen LogP contribution is -2.61. The lowest BCUT2D eigenvalue weighted by molar-refractivity contribution is -0.141. The first-order valence-corrected chi connectivity index (χ1v) is 26.9. The second-order valence-electron chi connectivity index (χ2n) is 19.8. The predicted octanol–water partition coefficient (Wildman–Crippen LogP) is -2.53. The zero-order chi connectivity index (χ0) is 57.7. The number of thiocarbonyl (C=S) groups is 1. The van der Waals surface area contributed by atoms with E-state index >= 15 is 0 Å². The number of guanidine groups is 1. The van der Waals surface area contributed by atoms with Gasteiger partial charge in [-0.15, -0.1) is 0 Å². The van der Waals surface area contributed by atoms with Gasteiger partial charge in [0.25, 0.3) is 5.91 Å². The van der Waals surface area contributed by atoms with Gasteiger partial charge in [0.15, 0.2) is 5.96 Å². The van der Waals surface area contributed by atoms with Crippen molar-refractivity contribution >= 4 is 112 Å². The van der Waals surface area contributed by atoms with Crippen molar-refractivity contribution < 1.29 is 52.7 Å². The van der Waals surface area contributed by atoms with E-state index in [1.54, 1.807) is 20.0 Å². The van der Waals surface area contributed by atoms with Crippen LogP contribution in [0.25, 0.3) is 10.9 Å². The number of likely N-dealkylation sites (tertiary alicyclic amines) is 1. The fourth-order valence-corrected chi connectivity index (χ4v) is 9.99. The van der Waals surface area contributed by atoms with Gasteiger partial charge < -0.3 is 75.8 Å². The number of benzene rings is 1. The summed E-state index contributed by atoms with van der Waals surface area (Å²) in [6.45, 7) is 3.07. The molecule has 78 heavy (non-hydrogen) atoms. The van der Waals surface area contributed by atoms with Crippen molar-refractivity contribution in [1.29, 1.82) is 0 Å². The first kappa shape index (κ1) is 63.2. The number of nitrogens with one attached hydrogen (secondary N) is 8. The molecule has 0 unspecified atom stereocenters. The summed E-state index contributed by atoms with van der Waals surface area (Å²) >= 11 is 9.98. The van der Waals surface area contributed by atoms with Crippen molar-refractivity contribution in [2.24, 2.45) is 39.6 Å². The summed E-state index contributed by atoms with van der Waals surface area (Å²) < 4.78 is -0.552. The average Bonchev–Trinajstić information content (AvgIpc) is 4.07. The van der Waals surface area contributed by atoms with Crippen molar-refractivity contribution in [3.05, 3.63) is 36.0 Å². The van der Waals surface area contributed by atoms with Crippen LogP contribution in [0.2, 0.25) is 0 Å². The van der Waals surface area contributed by atoms with Crippen molar-refractivity contribution in [3.8, 4) is 0 Å². The van der Waals surface area contributed by atoms with Crippen LogP contribution < -0.4 is 65.9 Å². The summed E-state index contributed by atoms with van der Waals surface area (Å²) in [6.07, 6.45) is 5.54. The summed E-state index contributed by atoms with van der Waals surface area (Å²) in [6, 6.07) is -2.46. The molecule has 0 radical (unpaired) electrons. The summed E-state index contributed by atoms with van der Waals surface area (Å²) in [5.41, 5.74) is 28.4. The highest BCUT2D eigenvalue weighted by Gasteiger charge is 2.40. The molecule has 18 N–H and O–H groups in total. The van der Waals surface area contributed by atoms with E-state index in [0.29, 0.717) is 12.8 Å². The minimum atomic E-state index is -1.80. The molecule has 0 spiro atoms. The first-order chi connectivity index (χ1) is 36.9. The molecule has 1 saturated heterocycles. The lowest BCUT2D eigenvalue weighted by atomic mass is 9.85. The Morgan fingerprint density at radius 3 is 2.08 bits per heavy atom. The molecule has 11 amide bonds. The van der Waals surface area contributed by atoms with Crippen molar-refractivity contribution in [1.82, 2.24) is 47.1 Å². The van der Waals surface area contributed by atoms with Crippen LogP contribution in [0.3, 0.4) is 0 Å². The number of aliphatic imine (C=N–C) groups is 1. The zero-order valence-electron chi connectivity index (χ0n) is 43.9. The molecular formula is C50H75N15O11S2. The summed E-state index contributed by atoms with van der Waals surface area (Å²) in [7, 11) is 0. The number of aromatic nitrogens is 1. The van der Waals surface area contributed by atoms with Gasteiger partial charge in [-0.05, 0) is 62.5 Å². The molecule has 428 valence electrons. The Morgan fingerprint density at radius 2 is 1.44 bits per heavy atom. The fourth-order valence-electron chi connectivity index (χ4n) is 9.34. The van der Waals surface area contributed by atoms with Gasteiger partial charge in [0, 0.05) is 59.6 Å². The maximum Gasteiger partial charge on any atom is 0.250 e. The maximum absolute atomic E-state index is 14.4. The van der Waals surface area contributed by atoms with Crippen LogP contribution in [0.4, 0.5) is 0 Å². The highest BCUT2D eigenvalue weighted by atomic mass is 32.1. The van der Waals surface area contributed by atoms with Crippen LogP contribution in [-0.4, -0.2) is 153 Å². The Labute approximate surface area is 462 Å². The van der Waals surface area contributed by atoms with Gasteiger partial charge in [0.2, 0.25) is 59.1 Å². The van der Waals surface area contributed by atoms with Gasteiger partial charge in [-0.3, -0.25) is 57.7 Å². The Hall–Kier alpha value is -7.36. The summed E-state index contributed by atoms with van der Waals surface area (Å²) in [5, 5.41) is 19.6. The van der Waals surface area contributed by atoms with Crippen LogP contribution in [0.15, 0.2) is 35.5 Å². The Morgan fingerprint density at radius 1 is 0.782 bits per heavy atom. The number of nitrogens with two attached hydrogens (primary N) is 5. The number of thiol groups is 1. The molecule has 1 aliphatic heterocycles. The number of nitrogens with zero attached hydrogens (tertiary/aromatic N) is 2. The van der Waals surface area contributed by atoms with E-state index in [9.17, 15) is 52.7 Å². The molecule has 4 rings (SSSR count). The smallest absolute Gasteiger partial charge is 0.250 e. The molecule has 2 aliphatic rings. The quantitative estimate of drug-likeness (QED) is 0.0122. The van der Waals surface area contributed by atoms with Crippen LogP contribution in [0.5, 0.6) is 0 Å². The Kier molecular flexibility index (Phi) is 24.7. The molecule has 26 nitrogen and oxygen atoms in total. The molecule has 1 aromatic heterocycles. The predicted molar refractivity (Wildman–Crippen MR) is 295 cm³/mol. The molecule has 2 aromatic rings. The second-order valence-corrected chi connectivity index (χ2v) is 21.0. The van der Waals surface area contributed by atoms with Gasteiger partial charge >= 0.3 is 0 Å². The molecule has 2 heterocycles. The third kappa shape index (κ3) is 19.6. The third-order valence-corrected chi connectivity index (χ3v) is 14.6. The van der Waals surface area contributed by atoms with Gasteiger partial charge in [-0.2, -0.15) is 12.6 Å². The molecule has 0 bridgehead atoms. The molecule has 8 atom stereocenters. The monoisotopic (exact) mass is 1130 g/mol. The SMILES string of the molecule is CC[C@H](C)[C@H](NC(=O)[C@H](Cc1c[nH]c2ccccc12)NC(=O)CC1(S)CCCCC1)C(=O)N[C@@H](CCC(N)=O)C(=O)N[C@@H](CC(N)=O)C(=O)N[C@@H](C=S)C(=O)N1CCC[C@H]1C(=O)N[C@@H](CCCN=C(N)N)C(=O)NCC(N)=O. The topological polar surface area (TPSA) is 433 Å². The van der Waals surface area contributed by atoms with Crippen LogP contribution in [0, 0.1) is 5.92 Å². The molecule has 1 aliphatic carbocycles. The minimum Gasteiger partial charge on any atom is -0.370 e. The molecule has 28 heteroatoms. The number of carbonyl (C=O) groups excluding carboxylic acids is 11. The van der Waals surface area contributed by atoms with Crippen LogP contribution >= 0.6 is 24.8 Å². The third-order valence-electron chi connectivity index (χ3n) is 13.7. The number of rotatable bonds is 31. The fraction of sp³-hybridized carbons (Fsp3) is 0.580. The van der Waals surface area contributed by atoms with Gasteiger partial charge in [0.05, 0.1) is 13.0 Å². The Balaban J connectivity index is 1.52. The van der Waals surface area contributed by atoms with Crippen molar-refractivity contribution in [2.75, 3.05) is 19.6 Å². The summed E-state index contributed by atoms with van der Waals surface area (Å²) in [4.78, 5) is 155. The van der Waals surface area contributed by atoms with Gasteiger partial charge in [-0.1, -0.05) is 69.9 Å². The molecule has 2 fully saturated rings. The van der Waals surface area contributed by atoms with Gasteiger partial charge in [0.1, 0.15) is 42.3 Å². The van der Waals surface area contributed by atoms with E-state index in [1.165, 1.54) is 0 Å². The highest BCUT2D eigenvalue weighted by molar-refractivity contribution is 7.81. The largest absolute Gasteiger partial charge is 0.370 e. The van der Waals surface area contributed by atoms with Crippen LogP contribution in [-0.2, 0) is 59.2 Å². The highest BCUT2D eigenvalue weighted by Crippen LogP contribution is 2.36. The lowest BCUT2D eigenvalue weighted by Gasteiger charge is -2.33. The zero-order valence-corrected chi connectivity index (χ0v) is 45.6. The number of amides is 11. The number of primary amides is 3. The number of para-hydroxylation sites is 1. The van der Waals surface area contributed by atoms with Crippen molar-refractivity contribution in [3.63, 3.8) is 0 Å².